The number of carbonyl (C=O) groups excluding carboxylic acids is 2. The second kappa shape index (κ2) is 5.97. The van der Waals surface area contributed by atoms with Gasteiger partial charge >= 0.3 is 0 Å². The molecular weight excluding hydrogens is 274 g/mol. The Morgan fingerprint density at radius 2 is 1.95 bits per heavy atom. The number of methoxy groups -OCH3 is 1. The summed E-state index contributed by atoms with van der Waals surface area (Å²) in [6, 6.07) is 6.19. The molecule has 0 unspecified atom stereocenters. The Kier molecular flexibility index (Phi) is 4.28. The molecule has 6 nitrogen and oxygen atoms in total. The van der Waals surface area contributed by atoms with Gasteiger partial charge in [-0.25, -0.2) is 0 Å². The monoisotopic (exact) mass is 291 g/mol. The van der Waals surface area contributed by atoms with Crippen molar-refractivity contribution in [3.63, 3.8) is 0 Å². The lowest BCUT2D eigenvalue weighted by Crippen LogP contribution is -2.33. The highest BCUT2D eigenvalue weighted by Gasteiger charge is 2.41. The average Bonchev–Trinajstić information content (AvgIpc) is 2.73. The van der Waals surface area contributed by atoms with E-state index in [-0.39, 0.29) is 24.5 Å². The molecule has 1 aromatic carbocycles. The molecule has 0 saturated heterocycles. The minimum atomic E-state index is -0.687. The molecule has 112 valence electrons. The van der Waals surface area contributed by atoms with Crippen LogP contribution >= 0.6 is 0 Å². The fraction of sp³-hybridized carbons (Fsp3) is 0.333. The number of hydrogen-bond acceptors (Lipinski definition) is 5. The molecule has 6 heteroatoms. The fourth-order valence-corrected chi connectivity index (χ4v) is 2.48. The van der Waals surface area contributed by atoms with Crippen molar-refractivity contribution in [3.8, 4) is 5.75 Å². The van der Waals surface area contributed by atoms with Gasteiger partial charge in [0.1, 0.15) is 5.75 Å². The van der Waals surface area contributed by atoms with Gasteiger partial charge in [-0.3, -0.25) is 9.59 Å². The first-order valence-corrected chi connectivity index (χ1v) is 6.51. The number of ether oxygens (including phenoxy) is 1. The number of rotatable bonds is 5. The molecule has 2 rings (SSSR count). The maximum absolute atomic E-state index is 12.0. The summed E-state index contributed by atoms with van der Waals surface area (Å²) in [5.74, 6) is -0.914. The molecule has 1 aliphatic rings. The van der Waals surface area contributed by atoms with Crippen LogP contribution in [0.2, 0.25) is 0 Å². The minimum Gasteiger partial charge on any atom is -0.503 e. The summed E-state index contributed by atoms with van der Waals surface area (Å²) in [6.07, 6.45) is 0. The highest BCUT2D eigenvalue weighted by molar-refractivity contribution is 6.08. The minimum absolute atomic E-state index is 0.0381. The van der Waals surface area contributed by atoms with Crippen LogP contribution in [0.1, 0.15) is 18.5 Å². The van der Waals surface area contributed by atoms with Gasteiger partial charge in [0.25, 0.3) is 5.91 Å². The summed E-state index contributed by atoms with van der Waals surface area (Å²) in [6.45, 7) is 1.09. The maximum atomic E-state index is 12.0. The van der Waals surface area contributed by atoms with Crippen LogP contribution in [-0.2, 0) is 9.59 Å². The van der Waals surface area contributed by atoms with Crippen molar-refractivity contribution < 1.29 is 24.5 Å². The number of amides is 1. The van der Waals surface area contributed by atoms with Crippen LogP contribution in [0, 0.1) is 0 Å². The molecule has 2 N–H and O–H groups in total. The molecule has 0 radical (unpaired) electrons. The Balaban J connectivity index is 2.48. The molecule has 0 spiro atoms. The van der Waals surface area contributed by atoms with Crippen molar-refractivity contribution >= 4 is 11.7 Å². The predicted molar refractivity (Wildman–Crippen MR) is 74.9 cm³/mol. The Bertz CT molecular complexity index is 591. The molecule has 1 amide bonds. The molecule has 1 atom stereocenters. The van der Waals surface area contributed by atoms with Crippen molar-refractivity contribution in [1.82, 2.24) is 4.90 Å². The second-order valence-electron chi connectivity index (χ2n) is 4.72. The maximum Gasteiger partial charge on any atom is 0.290 e. The smallest absolute Gasteiger partial charge is 0.290 e. The van der Waals surface area contributed by atoms with E-state index in [0.717, 1.165) is 0 Å². The first-order valence-electron chi connectivity index (χ1n) is 6.51. The SMILES string of the molecule is COc1ccc([C@H]2C(C(C)=O)=C(O)C(=O)N2CCO)cc1. The molecule has 0 bridgehead atoms. The van der Waals surface area contributed by atoms with E-state index >= 15 is 0 Å². The van der Waals surface area contributed by atoms with Crippen LogP contribution in [-0.4, -0.2) is 47.1 Å². The van der Waals surface area contributed by atoms with E-state index in [9.17, 15) is 14.7 Å². The summed E-state index contributed by atoms with van der Waals surface area (Å²) in [5, 5.41) is 19.0. The predicted octanol–water partition coefficient (Wildman–Crippen LogP) is 0.972. The topological polar surface area (TPSA) is 87.1 Å². The van der Waals surface area contributed by atoms with Crippen molar-refractivity contribution in [2.45, 2.75) is 13.0 Å². The zero-order valence-electron chi connectivity index (χ0n) is 11.9. The van der Waals surface area contributed by atoms with Crippen LogP contribution < -0.4 is 4.74 Å². The molecular formula is C15H17NO5. The average molecular weight is 291 g/mol. The van der Waals surface area contributed by atoms with E-state index in [1.54, 1.807) is 31.4 Å². The number of β-amino-alcohol motifs (C(OH)–C–C–N with tert-alkyl or cyclic N) is 1. The van der Waals surface area contributed by atoms with E-state index in [1.165, 1.54) is 11.8 Å². The van der Waals surface area contributed by atoms with E-state index in [0.29, 0.717) is 11.3 Å². The van der Waals surface area contributed by atoms with Gasteiger partial charge in [-0.15, -0.1) is 0 Å². The van der Waals surface area contributed by atoms with Gasteiger partial charge in [-0.05, 0) is 24.6 Å². The summed E-state index contributed by atoms with van der Waals surface area (Å²) in [7, 11) is 1.54. The number of carbonyl (C=O) groups is 2. The van der Waals surface area contributed by atoms with E-state index in [4.69, 9.17) is 9.84 Å². The van der Waals surface area contributed by atoms with E-state index < -0.39 is 17.7 Å². The standard InChI is InChI=1S/C15H17NO5/c1-9(18)12-13(10-3-5-11(21-2)6-4-10)16(7-8-17)15(20)14(12)19/h3-6,13,17,19H,7-8H2,1-2H3/t13-/m0/s1. The second-order valence-corrected chi connectivity index (χ2v) is 4.72. The molecule has 0 aliphatic carbocycles. The third kappa shape index (κ3) is 2.62. The molecule has 0 aromatic heterocycles. The van der Waals surface area contributed by atoms with Crippen LogP contribution in [0.5, 0.6) is 5.75 Å². The summed E-state index contributed by atoms with van der Waals surface area (Å²) >= 11 is 0. The van der Waals surface area contributed by atoms with Crippen LogP contribution in [0.15, 0.2) is 35.6 Å². The van der Waals surface area contributed by atoms with Gasteiger partial charge in [0.2, 0.25) is 0 Å². The third-order valence-electron chi connectivity index (χ3n) is 3.46. The van der Waals surface area contributed by atoms with Crippen molar-refractivity contribution in [1.29, 1.82) is 0 Å². The van der Waals surface area contributed by atoms with Gasteiger partial charge in [0.05, 0.1) is 25.3 Å². The lowest BCUT2D eigenvalue weighted by molar-refractivity contribution is -0.129. The fourth-order valence-electron chi connectivity index (χ4n) is 2.48. The number of benzene rings is 1. The number of aliphatic hydroxyl groups is 2. The van der Waals surface area contributed by atoms with E-state index in [1.807, 2.05) is 0 Å². The molecule has 1 aliphatic heterocycles. The van der Waals surface area contributed by atoms with Gasteiger partial charge < -0.3 is 19.8 Å². The molecule has 21 heavy (non-hydrogen) atoms. The Morgan fingerprint density at radius 3 is 2.43 bits per heavy atom. The van der Waals surface area contributed by atoms with Crippen molar-refractivity contribution in [2.75, 3.05) is 20.3 Å². The number of hydrogen-bond donors (Lipinski definition) is 2. The Morgan fingerprint density at radius 1 is 1.33 bits per heavy atom. The quantitative estimate of drug-likeness (QED) is 0.844. The van der Waals surface area contributed by atoms with Gasteiger partial charge in [-0.2, -0.15) is 0 Å². The first kappa shape index (κ1) is 15.1. The number of Topliss-reactive ketones (excluding diaryl/α,β-unsaturated/α-hetero) is 1. The number of aliphatic hydroxyl groups excluding tert-OH is 2. The van der Waals surface area contributed by atoms with Crippen LogP contribution in [0.4, 0.5) is 0 Å². The van der Waals surface area contributed by atoms with Crippen molar-refractivity contribution in [2.24, 2.45) is 0 Å². The largest absolute Gasteiger partial charge is 0.503 e. The normalized spacial score (nSPS) is 18.3. The molecule has 0 fully saturated rings. The molecule has 0 saturated carbocycles. The first-order chi connectivity index (χ1) is 10.0. The third-order valence-corrected chi connectivity index (χ3v) is 3.46. The summed E-state index contributed by atoms with van der Waals surface area (Å²) in [4.78, 5) is 25.1. The zero-order chi connectivity index (χ0) is 15.6. The Hall–Kier alpha value is -2.34. The number of ketones is 1. The Labute approximate surface area is 122 Å². The van der Waals surface area contributed by atoms with Gasteiger partial charge in [0, 0.05) is 6.54 Å². The van der Waals surface area contributed by atoms with Crippen LogP contribution in [0.25, 0.3) is 0 Å². The summed E-state index contributed by atoms with van der Waals surface area (Å²) in [5.41, 5.74) is 0.727. The number of nitrogens with zero attached hydrogens (tertiary/aromatic N) is 1. The molecule has 1 heterocycles. The highest BCUT2D eigenvalue weighted by Crippen LogP contribution is 2.37. The van der Waals surface area contributed by atoms with Gasteiger partial charge in [0.15, 0.2) is 11.5 Å². The summed E-state index contributed by atoms with van der Waals surface area (Å²) < 4.78 is 5.07. The zero-order valence-corrected chi connectivity index (χ0v) is 11.9. The van der Waals surface area contributed by atoms with E-state index in [2.05, 4.69) is 0 Å². The molecule has 1 aromatic rings. The highest BCUT2D eigenvalue weighted by atomic mass is 16.5. The van der Waals surface area contributed by atoms with Crippen LogP contribution in [0.3, 0.4) is 0 Å². The van der Waals surface area contributed by atoms with Crippen molar-refractivity contribution in [3.05, 3.63) is 41.2 Å². The lowest BCUT2D eigenvalue weighted by Gasteiger charge is -2.25. The van der Waals surface area contributed by atoms with Gasteiger partial charge in [-0.1, -0.05) is 12.1 Å². The lowest BCUT2D eigenvalue weighted by atomic mass is 9.97.